The zero-order valence-corrected chi connectivity index (χ0v) is 13.9. The first kappa shape index (κ1) is 23.4. The van der Waals surface area contributed by atoms with Gasteiger partial charge in [0.15, 0.2) is 0 Å². The monoisotopic (exact) mass is 385 g/mol. The van der Waals surface area contributed by atoms with Crippen molar-refractivity contribution in [3.05, 3.63) is 66.1 Å². The van der Waals surface area contributed by atoms with Crippen LogP contribution >= 0.6 is 7.81 Å². The summed E-state index contributed by atoms with van der Waals surface area (Å²) in [6.07, 6.45) is 10.0. The first-order valence-corrected chi connectivity index (χ1v) is 7.92. The molecule has 0 aliphatic heterocycles. The molecule has 0 saturated heterocycles. The van der Waals surface area contributed by atoms with Gasteiger partial charge in [-0.15, -0.1) is 18.6 Å². The molecule has 0 bridgehead atoms. The van der Waals surface area contributed by atoms with E-state index in [1.54, 1.807) is 0 Å². The molecule has 0 amide bonds. The van der Waals surface area contributed by atoms with Crippen molar-refractivity contribution in [3.8, 4) is 0 Å². The number of allylic oxidation sites excluding steroid dienone is 4. The van der Waals surface area contributed by atoms with Gasteiger partial charge in [0.1, 0.15) is 0 Å². The van der Waals surface area contributed by atoms with Crippen molar-refractivity contribution in [3.63, 3.8) is 0 Å². The molecule has 0 unspecified atom stereocenters. The van der Waals surface area contributed by atoms with Crippen molar-refractivity contribution in [2.75, 3.05) is 0 Å². The van der Waals surface area contributed by atoms with E-state index in [9.17, 15) is 25.2 Å². The van der Waals surface area contributed by atoms with Gasteiger partial charge in [0, 0.05) is 0 Å². The first-order chi connectivity index (χ1) is 9.25. The van der Waals surface area contributed by atoms with E-state index < -0.39 is 7.81 Å². The largest absolute Gasteiger partial charge is 2.00 e. The Morgan fingerprint density at radius 2 is 1.41 bits per heavy atom. The van der Waals surface area contributed by atoms with Crippen LogP contribution in [0.15, 0.2) is 48.6 Å². The van der Waals surface area contributed by atoms with Crippen molar-refractivity contribution >= 4 is 7.81 Å². The minimum atomic E-state index is -10.7. The second-order valence-corrected chi connectivity index (χ2v) is 6.24. The molecule has 0 spiro atoms. The van der Waals surface area contributed by atoms with Gasteiger partial charge >= 0.3 is 50.1 Å². The Bertz CT molecular complexity index is 455. The molecule has 1 aliphatic carbocycles. The van der Waals surface area contributed by atoms with Crippen LogP contribution in [0.4, 0.5) is 25.2 Å². The van der Waals surface area contributed by atoms with Gasteiger partial charge in [-0.05, 0) is 0 Å². The van der Waals surface area contributed by atoms with E-state index in [1.807, 2.05) is 18.2 Å². The van der Waals surface area contributed by atoms with Crippen LogP contribution in [-0.2, 0) is 17.1 Å². The van der Waals surface area contributed by atoms with Gasteiger partial charge in [-0.25, -0.2) is 12.2 Å². The molecule has 1 aromatic carbocycles. The quantitative estimate of drug-likeness (QED) is 0.205. The van der Waals surface area contributed by atoms with E-state index in [0.717, 1.165) is 6.42 Å². The summed E-state index contributed by atoms with van der Waals surface area (Å²) in [5, 5.41) is 0. The van der Waals surface area contributed by atoms with Crippen molar-refractivity contribution in [1.82, 2.24) is 0 Å². The molecule has 128 valence electrons. The van der Waals surface area contributed by atoms with E-state index in [4.69, 9.17) is 0 Å². The third-order valence-electron chi connectivity index (χ3n) is 1.94. The van der Waals surface area contributed by atoms with Crippen LogP contribution in [0.1, 0.15) is 25.8 Å². The van der Waals surface area contributed by atoms with Crippen LogP contribution in [0.5, 0.6) is 0 Å². The van der Waals surface area contributed by atoms with Gasteiger partial charge in [0.2, 0.25) is 0 Å². The standard InChI is InChI=1S/C9H11.C5H5.F6P.Fe/c1-8(2)9-6-4-3-5-7-9;1-2-4-5-3-1;1-7(2,3,4,5)6;/h3-7H,1-2H3;1-3H,4H2;;/q3*-1;+2. The van der Waals surface area contributed by atoms with E-state index in [0.29, 0.717) is 0 Å². The zero-order chi connectivity index (χ0) is 16.6. The minimum absolute atomic E-state index is 0. The summed E-state index contributed by atoms with van der Waals surface area (Å²) in [5.74, 6) is 1.37. The van der Waals surface area contributed by atoms with E-state index in [1.165, 1.54) is 11.5 Å². The van der Waals surface area contributed by atoms with Crippen LogP contribution in [0.2, 0.25) is 0 Å². The number of halogens is 6. The summed E-state index contributed by atoms with van der Waals surface area (Å²) < 4.78 is 59.2. The summed E-state index contributed by atoms with van der Waals surface area (Å²) in [6.45, 7) is 4.24. The predicted octanol–water partition coefficient (Wildman–Crippen LogP) is 7.33. The topological polar surface area (TPSA) is 0 Å². The Labute approximate surface area is 137 Å². The second-order valence-electron chi connectivity index (χ2n) is 4.33. The molecule has 0 radical (unpaired) electrons. The van der Waals surface area contributed by atoms with Crippen molar-refractivity contribution in [2.24, 2.45) is 0 Å². The Morgan fingerprint density at radius 3 is 1.59 bits per heavy atom. The maximum atomic E-state index is 9.87. The Morgan fingerprint density at radius 1 is 0.955 bits per heavy atom. The maximum Gasteiger partial charge on any atom is 2.00 e. The molecule has 0 nitrogen and oxygen atoms in total. The molecule has 8 heteroatoms. The van der Waals surface area contributed by atoms with Gasteiger partial charge in [-0.2, -0.15) is 29.7 Å². The summed E-state index contributed by atoms with van der Waals surface area (Å²) >= 11 is 0. The minimum Gasteiger partial charge on any atom is -0.273 e. The molecule has 1 aliphatic rings. The summed E-state index contributed by atoms with van der Waals surface area (Å²) in [7, 11) is -10.7. The van der Waals surface area contributed by atoms with Crippen LogP contribution in [0, 0.1) is 12.0 Å². The van der Waals surface area contributed by atoms with Crippen LogP contribution < -0.4 is 0 Å². The molecule has 2 rings (SSSR count). The fourth-order valence-corrected chi connectivity index (χ4v) is 1.11. The Kier molecular flexibility index (Phi) is 8.60. The van der Waals surface area contributed by atoms with Gasteiger partial charge in [-0.1, -0.05) is 19.9 Å². The normalized spacial score (nSPS) is 15.1. The fraction of sp³-hybridized carbons (Fsp3) is 0.214. The SMILES string of the molecule is C[C-](C)c1ccccc1.F[P-](F)(F)(F)(F)F.[C-]1=CC=CC1.[Fe+2]. The Hall–Kier alpha value is -0.901. The summed E-state index contributed by atoms with van der Waals surface area (Å²) in [4.78, 5) is 0. The molecule has 1 aromatic rings. The molecular weight excluding hydrogens is 369 g/mol. The molecule has 0 atom stereocenters. The van der Waals surface area contributed by atoms with E-state index in [-0.39, 0.29) is 17.1 Å². The van der Waals surface area contributed by atoms with Gasteiger partial charge in [-0.3, -0.25) is 6.08 Å². The molecular formula is C14H16F6FeP-. The average molecular weight is 385 g/mol. The molecule has 0 heterocycles. The predicted molar refractivity (Wildman–Crippen MR) is 75.3 cm³/mol. The van der Waals surface area contributed by atoms with Gasteiger partial charge < -0.3 is 0 Å². The third-order valence-corrected chi connectivity index (χ3v) is 1.94. The van der Waals surface area contributed by atoms with Crippen molar-refractivity contribution in [2.45, 2.75) is 20.3 Å². The summed E-state index contributed by atoms with van der Waals surface area (Å²) in [5.41, 5.74) is 1.33. The molecule has 0 aromatic heterocycles. The average Bonchev–Trinajstić information content (AvgIpc) is 2.84. The first-order valence-electron chi connectivity index (χ1n) is 5.89. The van der Waals surface area contributed by atoms with Crippen LogP contribution in [0.3, 0.4) is 0 Å². The fourth-order valence-electron chi connectivity index (χ4n) is 1.11. The smallest absolute Gasteiger partial charge is 0.273 e. The number of hydrogen-bond acceptors (Lipinski definition) is 0. The van der Waals surface area contributed by atoms with Crippen LogP contribution in [-0.4, -0.2) is 0 Å². The molecule has 0 fully saturated rings. The van der Waals surface area contributed by atoms with Crippen molar-refractivity contribution in [1.29, 1.82) is 0 Å². The van der Waals surface area contributed by atoms with Crippen molar-refractivity contribution < 1.29 is 42.3 Å². The zero-order valence-electron chi connectivity index (χ0n) is 11.9. The summed E-state index contributed by atoms with van der Waals surface area (Å²) in [6, 6.07) is 10.4. The number of rotatable bonds is 1. The number of benzene rings is 1. The molecule has 0 N–H and O–H groups in total. The van der Waals surface area contributed by atoms with E-state index in [2.05, 4.69) is 50.3 Å². The van der Waals surface area contributed by atoms with Crippen LogP contribution in [0.25, 0.3) is 0 Å². The Balaban J connectivity index is 0. The van der Waals surface area contributed by atoms with E-state index >= 15 is 0 Å². The third kappa shape index (κ3) is 24.1. The number of hydrogen-bond donors (Lipinski definition) is 0. The second kappa shape index (κ2) is 8.09. The molecule has 0 saturated carbocycles. The van der Waals surface area contributed by atoms with Gasteiger partial charge in [0.25, 0.3) is 0 Å². The maximum absolute atomic E-state index is 10.7. The van der Waals surface area contributed by atoms with Gasteiger partial charge in [0.05, 0.1) is 0 Å². The molecule has 22 heavy (non-hydrogen) atoms.